The van der Waals surface area contributed by atoms with E-state index in [9.17, 15) is 0 Å². The van der Waals surface area contributed by atoms with Crippen molar-refractivity contribution in [1.82, 2.24) is 0 Å². The first-order valence-corrected chi connectivity index (χ1v) is 3.82. The van der Waals surface area contributed by atoms with Crippen LogP contribution in [0.2, 0.25) is 0 Å². The molecule has 0 atom stereocenters. The van der Waals surface area contributed by atoms with Crippen molar-refractivity contribution in [2.75, 3.05) is 6.79 Å². The van der Waals surface area contributed by atoms with E-state index in [1.54, 1.807) is 13.8 Å². The third kappa shape index (κ3) is 79.0. The number of unbranched alkanes of at least 4 members (excludes halogenated alkanes) is 1. The van der Waals surface area contributed by atoms with Crippen molar-refractivity contribution in [3.05, 3.63) is 20.0 Å². The van der Waals surface area contributed by atoms with Gasteiger partial charge in [-0.15, -0.1) is 0 Å². The summed E-state index contributed by atoms with van der Waals surface area (Å²) in [5.74, 6) is 0. The maximum atomic E-state index is 7.81. The van der Waals surface area contributed by atoms with E-state index >= 15 is 0 Å². The van der Waals surface area contributed by atoms with Crippen molar-refractivity contribution in [3.8, 4) is 0 Å². The summed E-state index contributed by atoms with van der Waals surface area (Å²) in [5, 5.41) is 7.81. The quantitative estimate of drug-likeness (QED) is 0.633. The summed E-state index contributed by atoms with van der Waals surface area (Å²) in [6.07, 6.45) is 3.32. The fourth-order valence-electron chi connectivity index (χ4n) is 0.0745. The maximum Gasteiger partial charge on any atom is 0.113 e. The van der Waals surface area contributed by atoms with E-state index < -0.39 is 0 Å². The molecule has 0 aliphatic carbocycles. The fraction of sp³-hybridized carbons (Fsp3) is 0.667. The molecule has 1 N–H and O–H groups in total. The minimum atomic E-state index is -0.212. The van der Waals surface area contributed by atoms with E-state index in [0.717, 1.165) is 0 Å². The Kier molecular flexibility index (Phi) is 109. The van der Waals surface area contributed by atoms with Gasteiger partial charge in [0.25, 0.3) is 0 Å². The molecule has 0 saturated carbocycles. The van der Waals surface area contributed by atoms with Crippen LogP contribution in [0.25, 0.3) is 0 Å². The summed E-state index contributed by atoms with van der Waals surface area (Å²) < 4.78 is 4.26. The molecule has 0 rings (SSSR count). The van der Waals surface area contributed by atoms with Crippen molar-refractivity contribution < 1.29 is 75.3 Å². The van der Waals surface area contributed by atoms with Gasteiger partial charge in [0.2, 0.25) is 0 Å². The van der Waals surface area contributed by atoms with Crippen LogP contribution in [0.3, 0.4) is 0 Å². The molecule has 0 aliphatic heterocycles. The summed E-state index contributed by atoms with van der Waals surface area (Å²) in [6, 6.07) is 0. The Hall–Kier alpha value is 2.13. The number of ether oxygens (including phenoxy) is 1. The Morgan fingerprint density at radius 2 is 1.54 bits per heavy atom. The number of aliphatic hydroxyl groups is 1. The van der Waals surface area contributed by atoms with Crippen molar-refractivity contribution in [3.63, 3.8) is 0 Å². The Morgan fingerprint density at radius 1 is 1.23 bits per heavy atom. The van der Waals surface area contributed by atoms with Gasteiger partial charge in [-0.25, -0.2) is 6.61 Å². The summed E-state index contributed by atoms with van der Waals surface area (Å²) >= 11 is 0. The van der Waals surface area contributed by atoms with Gasteiger partial charge < -0.3 is 23.2 Å². The molecule has 0 heterocycles. The van der Waals surface area contributed by atoms with Crippen LogP contribution in [-0.2, 0) is 70.2 Å². The molecule has 13 heavy (non-hydrogen) atoms. The topological polar surface area (TPSA) is 29.5 Å². The van der Waals surface area contributed by atoms with Gasteiger partial charge in [-0.1, -0.05) is 6.92 Å². The molecule has 0 unspecified atom stereocenters. The maximum absolute atomic E-state index is 7.81. The molecule has 0 amide bonds. The van der Waals surface area contributed by atoms with Gasteiger partial charge in [-0.3, -0.25) is 0 Å². The van der Waals surface area contributed by atoms with E-state index in [0.29, 0.717) is 0 Å². The number of hydrogen-bond donors (Lipinski definition) is 1. The zero-order valence-corrected chi connectivity index (χ0v) is 15.0. The molecule has 2 nitrogen and oxygen atoms in total. The summed E-state index contributed by atoms with van der Waals surface area (Å²) in [5.41, 5.74) is 0. The molecular formula is C9H21O2Y2-3. The van der Waals surface area contributed by atoms with Crippen LogP contribution in [0.5, 0.6) is 0 Å². The van der Waals surface area contributed by atoms with Crippen LogP contribution in [0, 0.1) is 20.0 Å². The zero-order valence-electron chi connectivity index (χ0n) is 9.29. The van der Waals surface area contributed by atoms with E-state index in [-0.39, 0.29) is 72.2 Å². The van der Waals surface area contributed by atoms with Gasteiger partial charge in [0.05, 0.1) is 0 Å². The van der Waals surface area contributed by atoms with E-state index in [2.05, 4.69) is 31.9 Å². The third-order valence-corrected chi connectivity index (χ3v) is 0.649. The normalized spacial score (nSPS) is 6.00. The smallest absolute Gasteiger partial charge is 0.113 e. The second-order valence-corrected chi connectivity index (χ2v) is 1.35. The average molecular weight is 339 g/mol. The molecule has 0 aromatic heterocycles. The molecule has 0 aliphatic rings. The molecule has 0 spiro atoms. The van der Waals surface area contributed by atoms with Gasteiger partial charge >= 0.3 is 0 Å². The first kappa shape index (κ1) is 29.4. The van der Waals surface area contributed by atoms with Crippen LogP contribution in [0.1, 0.15) is 34.1 Å². The van der Waals surface area contributed by atoms with Gasteiger partial charge in [-0.2, -0.15) is 27.2 Å². The predicted molar refractivity (Wildman–Crippen MR) is 49.4 cm³/mol. The Bertz CT molecular complexity index is 34.8. The largest absolute Gasteiger partial charge is 0.532 e. The summed E-state index contributed by atoms with van der Waals surface area (Å²) in [4.78, 5) is 0. The predicted octanol–water partition coefficient (Wildman–Crippen LogP) is 2.59. The Morgan fingerprint density at radius 3 is 1.54 bits per heavy atom. The van der Waals surface area contributed by atoms with E-state index in [4.69, 9.17) is 5.11 Å². The first-order valence-electron chi connectivity index (χ1n) is 3.82. The second-order valence-electron chi connectivity index (χ2n) is 1.35. The second kappa shape index (κ2) is 47.9. The number of rotatable bonds is 3. The van der Waals surface area contributed by atoms with Gasteiger partial charge in [0.1, 0.15) is 6.79 Å². The minimum Gasteiger partial charge on any atom is -0.532 e. The molecular weight excluding hydrogens is 318 g/mol. The van der Waals surface area contributed by atoms with Crippen LogP contribution in [0.4, 0.5) is 0 Å². The minimum absolute atomic E-state index is 0. The van der Waals surface area contributed by atoms with E-state index in [1.807, 2.05) is 0 Å². The molecule has 4 heteroatoms. The molecule has 0 aromatic carbocycles. The Labute approximate surface area is 134 Å². The monoisotopic (exact) mass is 339 g/mol. The standard InChI is InChI=1S/C4H9.C3H7O2.C2H5.2Y/c1-3-4-2;1-2-5-3-4;1-2;;/h3H,4H2,1-2H3;2,4H,3H2,1H3;1H2,2H3;;/q3*-1;;. The molecule has 0 fully saturated rings. The van der Waals surface area contributed by atoms with Gasteiger partial charge in [0, 0.05) is 65.4 Å². The van der Waals surface area contributed by atoms with E-state index in [1.165, 1.54) is 13.0 Å². The number of aliphatic hydroxyl groups excluding tert-OH is 1. The fourth-order valence-corrected chi connectivity index (χ4v) is 0.0745. The number of hydrogen-bond acceptors (Lipinski definition) is 2. The van der Waals surface area contributed by atoms with Crippen LogP contribution in [-0.4, -0.2) is 11.9 Å². The molecule has 0 bridgehead atoms. The van der Waals surface area contributed by atoms with Gasteiger partial charge in [0.15, 0.2) is 0 Å². The zero-order chi connectivity index (χ0) is 9.54. The van der Waals surface area contributed by atoms with Crippen molar-refractivity contribution in [2.24, 2.45) is 0 Å². The molecule has 0 aromatic rings. The summed E-state index contributed by atoms with van der Waals surface area (Å²) in [6.45, 7) is 12.1. The molecule has 0 saturated heterocycles. The van der Waals surface area contributed by atoms with Crippen LogP contribution >= 0.6 is 0 Å². The SMILES string of the molecule is C[CH-]CC.C[CH-]OCO.[CH2-]C.[Y].[Y]. The average Bonchev–Trinajstić information content (AvgIpc) is 2.10. The van der Waals surface area contributed by atoms with Gasteiger partial charge in [-0.05, 0) is 0 Å². The van der Waals surface area contributed by atoms with Crippen molar-refractivity contribution in [2.45, 2.75) is 34.1 Å². The molecule has 2 radical (unpaired) electrons. The van der Waals surface area contributed by atoms with Crippen molar-refractivity contribution in [1.29, 1.82) is 0 Å². The first-order chi connectivity index (χ1) is 5.33. The summed E-state index contributed by atoms with van der Waals surface area (Å²) in [7, 11) is 0. The van der Waals surface area contributed by atoms with Crippen LogP contribution in [0.15, 0.2) is 0 Å². The Balaban J connectivity index is -0.0000000246. The van der Waals surface area contributed by atoms with Crippen LogP contribution < -0.4 is 0 Å². The molecule has 78 valence electrons. The third-order valence-electron chi connectivity index (χ3n) is 0.649. The van der Waals surface area contributed by atoms with Crippen molar-refractivity contribution >= 4 is 0 Å².